The Balaban J connectivity index is 1.75. The Morgan fingerprint density at radius 3 is 3.06 bits per heavy atom. The minimum absolute atomic E-state index is 0.230. The molecule has 0 aliphatic carbocycles. The molecule has 0 radical (unpaired) electrons. The van der Waals surface area contributed by atoms with E-state index in [0.29, 0.717) is 6.54 Å². The summed E-state index contributed by atoms with van der Waals surface area (Å²) in [6, 6.07) is 0. The zero-order valence-corrected chi connectivity index (χ0v) is 9.76. The smallest absolute Gasteiger partial charge is 0.271 e. The first kappa shape index (κ1) is 12.0. The first-order valence-electron chi connectivity index (χ1n) is 5.59. The molecule has 7 nitrogen and oxygen atoms in total. The van der Waals surface area contributed by atoms with Gasteiger partial charge in [-0.15, -0.1) is 0 Å². The fraction of sp³-hybridized carbons (Fsp3) is 0.273. The van der Waals surface area contributed by atoms with Crippen LogP contribution in [0.2, 0.25) is 0 Å². The van der Waals surface area contributed by atoms with Crippen molar-refractivity contribution >= 4 is 11.7 Å². The average molecular weight is 246 g/mol. The quantitative estimate of drug-likeness (QED) is 0.650. The number of aromatic amines is 1. The molecule has 0 atom stereocenters. The molecule has 2 aromatic rings. The van der Waals surface area contributed by atoms with E-state index in [1.807, 2.05) is 0 Å². The summed E-state index contributed by atoms with van der Waals surface area (Å²) in [4.78, 5) is 26.5. The number of amides is 1. The van der Waals surface area contributed by atoms with Crippen molar-refractivity contribution < 1.29 is 4.79 Å². The van der Waals surface area contributed by atoms with E-state index in [1.54, 1.807) is 12.4 Å². The second-order valence-corrected chi connectivity index (χ2v) is 3.72. The van der Waals surface area contributed by atoms with Gasteiger partial charge in [0, 0.05) is 25.4 Å². The number of carbonyl (C=O) groups excluding carboxylic acids is 1. The van der Waals surface area contributed by atoms with Crippen LogP contribution in [0.4, 0.5) is 5.82 Å². The first-order chi connectivity index (χ1) is 8.75. The third-order valence-corrected chi connectivity index (χ3v) is 2.32. The Hall–Kier alpha value is -2.44. The molecule has 0 aliphatic rings. The van der Waals surface area contributed by atoms with E-state index in [4.69, 9.17) is 5.73 Å². The van der Waals surface area contributed by atoms with Gasteiger partial charge < -0.3 is 16.0 Å². The second kappa shape index (κ2) is 5.76. The second-order valence-electron chi connectivity index (χ2n) is 3.72. The van der Waals surface area contributed by atoms with Gasteiger partial charge in [0.2, 0.25) is 0 Å². The van der Waals surface area contributed by atoms with Crippen LogP contribution in [0.15, 0.2) is 24.8 Å². The number of nitrogen functional groups attached to an aromatic ring is 1. The van der Waals surface area contributed by atoms with Crippen LogP contribution >= 0.6 is 0 Å². The number of anilines is 1. The molecule has 1 amide bonds. The Morgan fingerprint density at radius 1 is 1.44 bits per heavy atom. The molecule has 4 N–H and O–H groups in total. The largest absolute Gasteiger partial charge is 0.382 e. The predicted octanol–water partition coefficient (Wildman–Crippen LogP) is 0.144. The minimum atomic E-state index is -0.269. The van der Waals surface area contributed by atoms with Gasteiger partial charge in [-0.25, -0.2) is 9.97 Å². The number of H-pyrrole nitrogens is 1. The van der Waals surface area contributed by atoms with E-state index < -0.39 is 0 Å². The zero-order valence-electron chi connectivity index (χ0n) is 9.76. The normalized spacial score (nSPS) is 10.2. The van der Waals surface area contributed by atoms with E-state index in [-0.39, 0.29) is 17.4 Å². The molecule has 0 spiro atoms. The lowest BCUT2D eigenvalue weighted by Gasteiger charge is -2.03. The monoisotopic (exact) mass is 246 g/mol. The van der Waals surface area contributed by atoms with Crippen molar-refractivity contribution in [3.8, 4) is 0 Å². The lowest BCUT2D eigenvalue weighted by Crippen LogP contribution is -2.26. The third-order valence-electron chi connectivity index (χ3n) is 2.32. The molecule has 2 heterocycles. The molecule has 94 valence electrons. The van der Waals surface area contributed by atoms with Gasteiger partial charge >= 0.3 is 0 Å². The fourth-order valence-corrected chi connectivity index (χ4v) is 1.47. The van der Waals surface area contributed by atoms with Gasteiger partial charge in [-0.05, 0) is 6.42 Å². The Kier molecular flexibility index (Phi) is 3.85. The summed E-state index contributed by atoms with van der Waals surface area (Å²) < 4.78 is 0. The summed E-state index contributed by atoms with van der Waals surface area (Å²) in [5, 5.41) is 2.75. The molecule has 0 fully saturated rings. The van der Waals surface area contributed by atoms with Crippen molar-refractivity contribution in [2.75, 3.05) is 12.3 Å². The van der Waals surface area contributed by atoms with Crippen LogP contribution in [0.1, 0.15) is 22.7 Å². The van der Waals surface area contributed by atoms with Crippen molar-refractivity contribution in [2.24, 2.45) is 0 Å². The molecule has 0 saturated heterocycles. The van der Waals surface area contributed by atoms with Crippen molar-refractivity contribution in [3.63, 3.8) is 0 Å². The summed E-state index contributed by atoms with van der Waals surface area (Å²) in [7, 11) is 0. The molecule has 7 heteroatoms. The molecule has 2 rings (SSSR count). The first-order valence-corrected chi connectivity index (χ1v) is 5.59. The maximum Gasteiger partial charge on any atom is 0.271 e. The van der Waals surface area contributed by atoms with Crippen LogP contribution in [0.3, 0.4) is 0 Å². The number of nitrogens with one attached hydrogen (secondary N) is 2. The van der Waals surface area contributed by atoms with E-state index in [9.17, 15) is 4.79 Å². The standard InChI is InChI=1S/C11H14N6O/c12-9-7-13-6-8(17-9)11(18)16-3-1-2-10-14-4-5-15-10/h4-7H,1-3H2,(H2,12,17)(H,14,15)(H,16,18). The SMILES string of the molecule is Nc1cncc(C(=O)NCCCc2ncc[nH]2)n1. The van der Waals surface area contributed by atoms with Crippen molar-refractivity contribution in [1.82, 2.24) is 25.3 Å². The Morgan fingerprint density at radius 2 is 2.33 bits per heavy atom. The van der Waals surface area contributed by atoms with Crippen LogP contribution in [-0.4, -0.2) is 32.4 Å². The molecule has 2 aromatic heterocycles. The van der Waals surface area contributed by atoms with Crippen molar-refractivity contribution in [3.05, 3.63) is 36.3 Å². The van der Waals surface area contributed by atoms with E-state index >= 15 is 0 Å². The van der Waals surface area contributed by atoms with Crippen molar-refractivity contribution in [1.29, 1.82) is 0 Å². The number of imidazole rings is 1. The lowest BCUT2D eigenvalue weighted by molar-refractivity contribution is 0.0948. The van der Waals surface area contributed by atoms with Crippen LogP contribution < -0.4 is 11.1 Å². The molecule has 18 heavy (non-hydrogen) atoms. The van der Waals surface area contributed by atoms with Gasteiger partial charge in [0.05, 0.1) is 12.4 Å². The minimum Gasteiger partial charge on any atom is -0.382 e. The summed E-state index contributed by atoms with van der Waals surface area (Å²) in [6.07, 6.45) is 7.85. The highest BCUT2D eigenvalue weighted by Gasteiger charge is 2.07. The van der Waals surface area contributed by atoms with Gasteiger partial charge in [0.25, 0.3) is 5.91 Å². The van der Waals surface area contributed by atoms with Crippen LogP contribution in [0.25, 0.3) is 0 Å². The summed E-state index contributed by atoms with van der Waals surface area (Å²) >= 11 is 0. The maximum atomic E-state index is 11.7. The lowest BCUT2D eigenvalue weighted by atomic mass is 10.3. The number of hydrogen-bond acceptors (Lipinski definition) is 5. The summed E-state index contributed by atoms with van der Waals surface area (Å²) in [6.45, 7) is 0.552. The summed E-state index contributed by atoms with van der Waals surface area (Å²) in [5.74, 6) is 0.875. The number of nitrogens with two attached hydrogens (primary N) is 1. The Labute approximate surface area is 104 Å². The Bertz CT molecular complexity index is 510. The van der Waals surface area contributed by atoms with Gasteiger partial charge in [-0.1, -0.05) is 0 Å². The molecular weight excluding hydrogens is 232 g/mol. The average Bonchev–Trinajstić information content (AvgIpc) is 2.87. The van der Waals surface area contributed by atoms with Gasteiger partial charge in [-0.2, -0.15) is 0 Å². The van der Waals surface area contributed by atoms with Gasteiger partial charge in [0.15, 0.2) is 0 Å². The molecule has 0 saturated carbocycles. The van der Waals surface area contributed by atoms with Crippen LogP contribution in [-0.2, 0) is 6.42 Å². The van der Waals surface area contributed by atoms with E-state index in [0.717, 1.165) is 18.7 Å². The molecule has 0 bridgehead atoms. The number of aromatic nitrogens is 4. The predicted molar refractivity (Wildman–Crippen MR) is 65.7 cm³/mol. The highest BCUT2D eigenvalue weighted by atomic mass is 16.1. The van der Waals surface area contributed by atoms with E-state index in [1.165, 1.54) is 12.4 Å². The zero-order chi connectivity index (χ0) is 12.8. The molecule has 0 aromatic carbocycles. The molecule has 0 aliphatic heterocycles. The highest BCUT2D eigenvalue weighted by molar-refractivity contribution is 5.92. The van der Waals surface area contributed by atoms with Crippen molar-refractivity contribution in [2.45, 2.75) is 12.8 Å². The van der Waals surface area contributed by atoms with Gasteiger partial charge in [-0.3, -0.25) is 9.78 Å². The maximum absolute atomic E-state index is 11.7. The third kappa shape index (κ3) is 3.27. The highest BCUT2D eigenvalue weighted by Crippen LogP contribution is 1.98. The molecular formula is C11H14N6O. The fourth-order valence-electron chi connectivity index (χ4n) is 1.47. The topological polar surface area (TPSA) is 110 Å². The van der Waals surface area contributed by atoms with Crippen LogP contribution in [0.5, 0.6) is 0 Å². The number of hydrogen-bond donors (Lipinski definition) is 3. The van der Waals surface area contributed by atoms with Gasteiger partial charge in [0.1, 0.15) is 17.3 Å². The summed E-state index contributed by atoms with van der Waals surface area (Å²) in [5.41, 5.74) is 5.68. The number of nitrogens with zero attached hydrogens (tertiary/aromatic N) is 3. The molecule has 0 unspecified atom stereocenters. The number of carbonyl (C=O) groups is 1. The van der Waals surface area contributed by atoms with Crippen LogP contribution in [0, 0.1) is 0 Å². The van der Waals surface area contributed by atoms with E-state index in [2.05, 4.69) is 25.3 Å². The number of aryl methyl sites for hydroxylation is 1. The number of rotatable bonds is 5.